The summed E-state index contributed by atoms with van der Waals surface area (Å²) in [7, 11) is 1.57. The van der Waals surface area contributed by atoms with Crippen molar-refractivity contribution in [2.45, 2.75) is 26.8 Å². The Labute approximate surface area is 204 Å². The number of aliphatic hydroxyl groups is 1. The van der Waals surface area contributed by atoms with Crippen LogP contribution in [0.2, 0.25) is 0 Å². The first kappa shape index (κ1) is 22.3. The van der Waals surface area contributed by atoms with Crippen molar-refractivity contribution in [3.63, 3.8) is 0 Å². The molecular formula is C26H22N2O4S2. The molecule has 0 saturated carbocycles. The highest BCUT2D eigenvalue weighted by atomic mass is 32.1. The normalized spacial score (nSPS) is 17.6. The molecule has 3 heterocycles. The molecule has 1 fully saturated rings. The first-order valence-corrected chi connectivity index (χ1v) is 12.4. The average Bonchev–Trinajstić information content (AvgIpc) is 3.52. The number of fused-ring (bicyclic) bond motifs is 1. The highest BCUT2D eigenvalue weighted by molar-refractivity contribution is 7.22. The number of aliphatic hydroxyl groups excluding tert-OH is 1. The van der Waals surface area contributed by atoms with Crippen LogP contribution in [0.4, 0.5) is 5.13 Å². The Morgan fingerprint density at radius 2 is 1.88 bits per heavy atom. The summed E-state index contributed by atoms with van der Waals surface area (Å²) >= 11 is 2.80. The van der Waals surface area contributed by atoms with Crippen molar-refractivity contribution < 1.29 is 19.4 Å². The maximum atomic E-state index is 13.3. The number of hydrogen-bond acceptors (Lipinski definition) is 7. The van der Waals surface area contributed by atoms with Crippen LogP contribution in [0.1, 0.15) is 33.2 Å². The van der Waals surface area contributed by atoms with E-state index in [0.717, 1.165) is 31.8 Å². The second-order valence-corrected chi connectivity index (χ2v) is 10.3. The Morgan fingerprint density at radius 1 is 1.09 bits per heavy atom. The fourth-order valence-electron chi connectivity index (χ4n) is 4.39. The molecule has 1 amide bonds. The van der Waals surface area contributed by atoms with Gasteiger partial charge in [-0.15, -0.1) is 11.3 Å². The molecular weight excluding hydrogens is 468 g/mol. The van der Waals surface area contributed by atoms with Gasteiger partial charge in [0.25, 0.3) is 5.78 Å². The number of thiophene rings is 1. The van der Waals surface area contributed by atoms with Gasteiger partial charge in [0.15, 0.2) is 5.13 Å². The number of hydrogen-bond donors (Lipinski definition) is 1. The molecule has 6 nitrogen and oxygen atoms in total. The third kappa shape index (κ3) is 3.50. The Bertz CT molecular complexity index is 1480. The van der Waals surface area contributed by atoms with Crippen LogP contribution in [0.5, 0.6) is 5.75 Å². The molecule has 1 N–H and O–H groups in total. The highest BCUT2D eigenvalue weighted by Crippen LogP contribution is 2.46. The second-order valence-electron chi connectivity index (χ2n) is 8.29. The molecule has 5 rings (SSSR count). The van der Waals surface area contributed by atoms with Gasteiger partial charge in [0.1, 0.15) is 17.6 Å². The van der Waals surface area contributed by atoms with E-state index in [1.54, 1.807) is 25.3 Å². The zero-order chi connectivity index (χ0) is 24.1. The summed E-state index contributed by atoms with van der Waals surface area (Å²) in [5.41, 5.74) is 4.24. The molecule has 0 spiro atoms. The Balaban J connectivity index is 1.71. The smallest absolute Gasteiger partial charge is 0.301 e. The number of thiazole rings is 1. The number of nitrogens with zero attached hydrogens (tertiary/aromatic N) is 2. The summed E-state index contributed by atoms with van der Waals surface area (Å²) in [4.78, 5) is 33.6. The van der Waals surface area contributed by atoms with Crippen LogP contribution in [0.3, 0.4) is 0 Å². The maximum Gasteiger partial charge on any atom is 0.301 e. The van der Waals surface area contributed by atoms with Crippen molar-refractivity contribution in [3.05, 3.63) is 80.5 Å². The lowest BCUT2D eigenvalue weighted by atomic mass is 9.99. The van der Waals surface area contributed by atoms with Crippen LogP contribution in [-0.4, -0.2) is 28.9 Å². The van der Waals surface area contributed by atoms with Crippen molar-refractivity contribution in [1.29, 1.82) is 0 Å². The van der Waals surface area contributed by atoms with Crippen LogP contribution in [-0.2, 0) is 9.59 Å². The van der Waals surface area contributed by atoms with Crippen LogP contribution in [0.15, 0.2) is 53.4 Å². The lowest BCUT2D eigenvalue weighted by molar-refractivity contribution is -0.132. The van der Waals surface area contributed by atoms with Crippen molar-refractivity contribution in [1.82, 2.24) is 4.98 Å². The lowest BCUT2D eigenvalue weighted by Gasteiger charge is -2.21. The summed E-state index contributed by atoms with van der Waals surface area (Å²) < 4.78 is 6.26. The summed E-state index contributed by atoms with van der Waals surface area (Å²) in [5, 5.41) is 13.6. The first-order chi connectivity index (χ1) is 16.3. The van der Waals surface area contributed by atoms with Crippen molar-refractivity contribution in [2.75, 3.05) is 12.0 Å². The van der Waals surface area contributed by atoms with Crippen molar-refractivity contribution >= 4 is 55.5 Å². The third-order valence-electron chi connectivity index (χ3n) is 5.95. The van der Waals surface area contributed by atoms with E-state index in [0.29, 0.717) is 16.4 Å². The van der Waals surface area contributed by atoms with Gasteiger partial charge in [-0.1, -0.05) is 23.5 Å². The molecule has 0 unspecified atom stereocenters. The molecule has 1 aliphatic heterocycles. The summed E-state index contributed by atoms with van der Waals surface area (Å²) in [6, 6.07) is 12.2. The number of carbonyl (C=O) groups excluding carboxylic acids is 2. The molecule has 2 aromatic carbocycles. The molecule has 0 bridgehead atoms. The van der Waals surface area contributed by atoms with Gasteiger partial charge >= 0.3 is 5.91 Å². The number of methoxy groups -OCH3 is 1. The van der Waals surface area contributed by atoms with Gasteiger partial charge < -0.3 is 9.84 Å². The number of carbonyl (C=O) groups is 2. The van der Waals surface area contributed by atoms with Crippen molar-refractivity contribution in [2.24, 2.45) is 0 Å². The Hall–Kier alpha value is -3.49. The molecule has 34 heavy (non-hydrogen) atoms. The number of anilines is 1. The number of ether oxygens (including phenoxy) is 1. The van der Waals surface area contributed by atoms with Crippen LogP contribution in [0.25, 0.3) is 16.0 Å². The molecule has 4 aromatic rings. The highest BCUT2D eigenvalue weighted by Gasteiger charge is 2.48. The molecule has 172 valence electrons. The molecule has 0 radical (unpaired) electrons. The van der Waals surface area contributed by atoms with E-state index in [1.807, 2.05) is 50.4 Å². The Morgan fingerprint density at radius 3 is 2.56 bits per heavy atom. The fourth-order valence-corrected chi connectivity index (χ4v) is 6.38. The Kier molecular flexibility index (Phi) is 5.50. The third-order valence-corrected chi connectivity index (χ3v) is 7.88. The standard InChI is InChI=1S/C26H22N2O4S2/c1-13-10-15(3)21-19(11-13)34-26(27-21)28-22(18-6-5-9-33-18)20(24(30)25(28)31)23(29)16-7-8-17(32-4)14(2)12-16/h5-12,22,29H,1-4H3/b23-20+/t22-/m1/s1. The number of aromatic nitrogens is 1. The molecule has 0 aliphatic carbocycles. The van der Waals surface area contributed by atoms with Gasteiger partial charge in [-0.25, -0.2) is 4.98 Å². The van der Waals surface area contributed by atoms with E-state index in [9.17, 15) is 14.7 Å². The SMILES string of the molecule is COc1ccc(/C(O)=C2\C(=O)C(=O)N(c3nc4c(C)cc(C)cc4s3)[C@@H]2c2cccs2)cc1C. The monoisotopic (exact) mass is 490 g/mol. The number of amides is 1. The van der Waals surface area contributed by atoms with E-state index in [4.69, 9.17) is 9.72 Å². The summed E-state index contributed by atoms with van der Waals surface area (Å²) in [5.74, 6) is -0.958. The van der Waals surface area contributed by atoms with E-state index in [1.165, 1.54) is 27.6 Å². The van der Waals surface area contributed by atoms with E-state index < -0.39 is 17.7 Å². The lowest BCUT2D eigenvalue weighted by Crippen LogP contribution is -2.28. The number of rotatable bonds is 4. The van der Waals surface area contributed by atoms with Gasteiger partial charge in [0.2, 0.25) is 0 Å². The van der Waals surface area contributed by atoms with Crippen LogP contribution in [0, 0.1) is 20.8 Å². The minimum atomic E-state index is -0.760. The van der Waals surface area contributed by atoms with Crippen LogP contribution < -0.4 is 9.64 Å². The first-order valence-electron chi connectivity index (χ1n) is 10.7. The van der Waals surface area contributed by atoms with Gasteiger partial charge in [-0.3, -0.25) is 14.5 Å². The van der Waals surface area contributed by atoms with E-state index in [-0.39, 0.29) is 11.3 Å². The largest absolute Gasteiger partial charge is 0.507 e. The molecule has 2 aromatic heterocycles. The zero-order valence-corrected chi connectivity index (χ0v) is 20.7. The molecule has 8 heteroatoms. The van der Waals surface area contributed by atoms with E-state index >= 15 is 0 Å². The number of Topliss-reactive ketones (excluding diaryl/α,β-unsaturated/α-hetero) is 1. The second kappa shape index (κ2) is 8.38. The fraction of sp³-hybridized carbons (Fsp3) is 0.192. The predicted molar refractivity (Wildman–Crippen MR) is 136 cm³/mol. The average molecular weight is 491 g/mol. The summed E-state index contributed by atoms with van der Waals surface area (Å²) in [6.07, 6.45) is 0. The van der Waals surface area contributed by atoms with Crippen LogP contribution >= 0.6 is 22.7 Å². The predicted octanol–water partition coefficient (Wildman–Crippen LogP) is 5.92. The van der Waals surface area contributed by atoms with Crippen molar-refractivity contribution in [3.8, 4) is 5.75 Å². The zero-order valence-electron chi connectivity index (χ0n) is 19.1. The maximum absolute atomic E-state index is 13.3. The molecule has 1 aliphatic rings. The van der Waals surface area contributed by atoms with E-state index in [2.05, 4.69) is 0 Å². The molecule has 1 saturated heterocycles. The minimum absolute atomic E-state index is 0.0594. The van der Waals surface area contributed by atoms with Gasteiger partial charge in [0.05, 0.1) is 22.9 Å². The quantitative estimate of drug-likeness (QED) is 0.218. The number of aryl methyl sites for hydroxylation is 3. The van der Waals surface area contributed by atoms with Gasteiger partial charge in [0, 0.05) is 10.4 Å². The molecule has 1 atom stereocenters. The topological polar surface area (TPSA) is 79.7 Å². The summed E-state index contributed by atoms with van der Waals surface area (Å²) in [6.45, 7) is 5.85. The minimum Gasteiger partial charge on any atom is -0.507 e. The van der Waals surface area contributed by atoms with Gasteiger partial charge in [-0.2, -0.15) is 0 Å². The number of ketones is 1. The van der Waals surface area contributed by atoms with Gasteiger partial charge in [-0.05, 0) is 73.2 Å². The number of benzene rings is 2.